The highest BCUT2D eigenvalue weighted by molar-refractivity contribution is 5.75. The summed E-state index contributed by atoms with van der Waals surface area (Å²) in [5.41, 5.74) is 1.61. The van der Waals surface area contributed by atoms with Gasteiger partial charge in [-0.05, 0) is 31.3 Å². The number of halogens is 2. The van der Waals surface area contributed by atoms with Crippen LogP contribution in [0.3, 0.4) is 0 Å². The molecule has 1 heterocycles. The summed E-state index contributed by atoms with van der Waals surface area (Å²) >= 11 is 0. The molecule has 0 aliphatic heterocycles. The van der Waals surface area contributed by atoms with Gasteiger partial charge in [-0.3, -0.25) is 4.90 Å². The molecule has 0 bridgehead atoms. The van der Waals surface area contributed by atoms with E-state index < -0.39 is 17.7 Å². The van der Waals surface area contributed by atoms with Crippen molar-refractivity contribution in [2.24, 2.45) is 7.05 Å². The van der Waals surface area contributed by atoms with E-state index in [2.05, 4.69) is 4.98 Å². The summed E-state index contributed by atoms with van der Waals surface area (Å²) in [6, 6.07) is 11.4. The standard InChI is InChI=1S/C18H19F2N3O/c1-22(10-16(24)18-12(19)6-5-7-13(18)20)11-17-21-14-8-3-4-9-15(14)23(17)2/h3-9,16,24H,10-11H2,1-2H3. The highest BCUT2D eigenvalue weighted by Crippen LogP contribution is 2.22. The average molecular weight is 331 g/mol. The lowest BCUT2D eigenvalue weighted by Gasteiger charge is -2.21. The van der Waals surface area contributed by atoms with Gasteiger partial charge in [0.25, 0.3) is 0 Å². The van der Waals surface area contributed by atoms with Crippen LogP contribution in [0.5, 0.6) is 0 Å². The summed E-state index contributed by atoms with van der Waals surface area (Å²) in [5.74, 6) is -0.655. The van der Waals surface area contributed by atoms with Gasteiger partial charge in [0.05, 0.1) is 29.2 Å². The molecule has 3 rings (SSSR count). The predicted molar refractivity (Wildman–Crippen MR) is 88.4 cm³/mol. The third-order valence-corrected chi connectivity index (χ3v) is 4.11. The van der Waals surface area contributed by atoms with Crippen molar-refractivity contribution >= 4 is 11.0 Å². The van der Waals surface area contributed by atoms with Gasteiger partial charge in [0, 0.05) is 13.6 Å². The van der Waals surface area contributed by atoms with E-state index in [1.165, 1.54) is 6.07 Å². The number of aromatic nitrogens is 2. The first-order valence-corrected chi connectivity index (χ1v) is 7.68. The summed E-state index contributed by atoms with van der Waals surface area (Å²) in [6.45, 7) is 0.555. The molecule has 0 saturated carbocycles. The third-order valence-electron chi connectivity index (χ3n) is 4.11. The number of aliphatic hydroxyl groups is 1. The number of imidazole rings is 1. The Morgan fingerprint density at radius 3 is 2.46 bits per heavy atom. The van der Waals surface area contributed by atoms with E-state index in [1.807, 2.05) is 35.9 Å². The van der Waals surface area contributed by atoms with Crippen molar-refractivity contribution in [3.8, 4) is 0 Å². The lowest BCUT2D eigenvalue weighted by molar-refractivity contribution is 0.115. The molecular formula is C18H19F2N3O. The predicted octanol–water partition coefficient (Wildman–Crippen LogP) is 3.02. The molecule has 1 unspecified atom stereocenters. The Kier molecular flexibility index (Phi) is 4.59. The molecule has 2 aromatic carbocycles. The van der Waals surface area contributed by atoms with E-state index in [4.69, 9.17) is 0 Å². The molecular weight excluding hydrogens is 312 g/mol. The fourth-order valence-corrected chi connectivity index (χ4v) is 2.86. The van der Waals surface area contributed by atoms with Gasteiger partial charge in [-0.1, -0.05) is 18.2 Å². The molecule has 0 amide bonds. The minimum absolute atomic E-state index is 0.0983. The topological polar surface area (TPSA) is 41.3 Å². The zero-order valence-electron chi connectivity index (χ0n) is 13.6. The first-order chi connectivity index (χ1) is 11.5. The van der Waals surface area contributed by atoms with Crippen molar-refractivity contribution in [2.45, 2.75) is 12.6 Å². The Bertz CT molecular complexity index is 842. The van der Waals surface area contributed by atoms with Gasteiger partial charge >= 0.3 is 0 Å². The molecule has 1 N–H and O–H groups in total. The van der Waals surface area contributed by atoms with Crippen LogP contribution in [0.25, 0.3) is 11.0 Å². The number of likely N-dealkylation sites (N-methyl/N-ethyl adjacent to an activating group) is 1. The molecule has 1 atom stereocenters. The van der Waals surface area contributed by atoms with Gasteiger partial charge in [0.1, 0.15) is 17.5 Å². The second-order valence-corrected chi connectivity index (χ2v) is 5.92. The lowest BCUT2D eigenvalue weighted by Crippen LogP contribution is -2.26. The van der Waals surface area contributed by atoms with Crippen molar-refractivity contribution < 1.29 is 13.9 Å². The summed E-state index contributed by atoms with van der Waals surface area (Å²) in [6.07, 6.45) is -1.24. The van der Waals surface area contributed by atoms with Crippen LogP contribution in [0.2, 0.25) is 0 Å². The Labute approximate surface area is 139 Å². The van der Waals surface area contributed by atoms with E-state index in [1.54, 1.807) is 11.9 Å². The fourth-order valence-electron chi connectivity index (χ4n) is 2.86. The van der Waals surface area contributed by atoms with Gasteiger partial charge in [0.2, 0.25) is 0 Å². The number of benzene rings is 2. The first kappa shape index (κ1) is 16.5. The maximum absolute atomic E-state index is 13.7. The van der Waals surface area contributed by atoms with E-state index >= 15 is 0 Å². The molecule has 0 spiro atoms. The van der Waals surface area contributed by atoms with Crippen LogP contribution in [0.1, 0.15) is 17.5 Å². The van der Waals surface area contributed by atoms with E-state index in [9.17, 15) is 13.9 Å². The zero-order valence-corrected chi connectivity index (χ0v) is 13.6. The van der Waals surface area contributed by atoms with Crippen LogP contribution < -0.4 is 0 Å². The zero-order chi connectivity index (χ0) is 17.3. The summed E-state index contributed by atoms with van der Waals surface area (Å²) < 4.78 is 29.5. The number of nitrogens with zero attached hydrogens (tertiary/aromatic N) is 3. The van der Waals surface area contributed by atoms with Crippen LogP contribution in [-0.2, 0) is 13.6 Å². The first-order valence-electron chi connectivity index (χ1n) is 7.68. The highest BCUT2D eigenvalue weighted by Gasteiger charge is 2.20. The average Bonchev–Trinajstić information content (AvgIpc) is 2.83. The third kappa shape index (κ3) is 3.16. The minimum Gasteiger partial charge on any atom is -0.387 e. The normalized spacial score (nSPS) is 12.9. The second kappa shape index (κ2) is 6.67. The van der Waals surface area contributed by atoms with Crippen molar-refractivity contribution in [2.75, 3.05) is 13.6 Å². The van der Waals surface area contributed by atoms with Crippen LogP contribution in [0.15, 0.2) is 42.5 Å². The van der Waals surface area contributed by atoms with Crippen molar-refractivity contribution in [3.05, 3.63) is 65.5 Å². The largest absolute Gasteiger partial charge is 0.387 e. The molecule has 24 heavy (non-hydrogen) atoms. The van der Waals surface area contributed by atoms with E-state index in [-0.39, 0.29) is 12.1 Å². The number of hydrogen-bond donors (Lipinski definition) is 1. The van der Waals surface area contributed by atoms with Gasteiger partial charge in [-0.2, -0.15) is 0 Å². The van der Waals surface area contributed by atoms with Crippen LogP contribution in [-0.4, -0.2) is 33.1 Å². The number of aliphatic hydroxyl groups excluding tert-OH is 1. The maximum atomic E-state index is 13.7. The molecule has 0 aliphatic rings. The Hall–Kier alpha value is -2.31. The number of para-hydroxylation sites is 2. The fraction of sp³-hybridized carbons (Fsp3) is 0.278. The molecule has 0 fully saturated rings. The van der Waals surface area contributed by atoms with Crippen molar-refractivity contribution in [1.82, 2.24) is 14.5 Å². The Balaban J connectivity index is 1.75. The number of aryl methyl sites for hydroxylation is 1. The smallest absolute Gasteiger partial charge is 0.131 e. The van der Waals surface area contributed by atoms with Crippen LogP contribution in [0.4, 0.5) is 8.78 Å². The van der Waals surface area contributed by atoms with Gasteiger partial charge in [0.15, 0.2) is 0 Å². The maximum Gasteiger partial charge on any atom is 0.131 e. The van der Waals surface area contributed by atoms with Gasteiger partial charge < -0.3 is 9.67 Å². The number of rotatable bonds is 5. The van der Waals surface area contributed by atoms with E-state index in [0.29, 0.717) is 6.54 Å². The van der Waals surface area contributed by atoms with Crippen molar-refractivity contribution in [3.63, 3.8) is 0 Å². The summed E-state index contributed by atoms with van der Waals surface area (Å²) in [7, 11) is 3.70. The molecule has 126 valence electrons. The number of hydrogen-bond acceptors (Lipinski definition) is 3. The van der Waals surface area contributed by atoms with Crippen LogP contribution in [0, 0.1) is 11.6 Å². The molecule has 0 radical (unpaired) electrons. The Morgan fingerprint density at radius 1 is 1.12 bits per heavy atom. The summed E-state index contributed by atoms with van der Waals surface area (Å²) in [5, 5.41) is 10.2. The SMILES string of the molecule is CN(Cc1nc2ccccc2n1C)CC(O)c1c(F)cccc1F. The van der Waals surface area contributed by atoms with Gasteiger partial charge in [-0.25, -0.2) is 13.8 Å². The van der Waals surface area contributed by atoms with Crippen molar-refractivity contribution in [1.29, 1.82) is 0 Å². The summed E-state index contributed by atoms with van der Waals surface area (Å²) in [4.78, 5) is 6.35. The second-order valence-electron chi connectivity index (χ2n) is 5.92. The highest BCUT2D eigenvalue weighted by atomic mass is 19.1. The van der Waals surface area contributed by atoms with Crippen LogP contribution >= 0.6 is 0 Å². The lowest BCUT2D eigenvalue weighted by atomic mass is 10.1. The Morgan fingerprint density at radius 2 is 1.79 bits per heavy atom. The van der Waals surface area contributed by atoms with Gasteiger partial charge in [-0.15, -0.1) is 0 Å². The molecule has 0 saturated heterocycles. The quantitative estimate of drug-likeness (QED) is 0.781. The minimum atomic E-state index is -1.24. The molecule has 0 aliphatic carbocycles. The number of fused-ring (bicyclic) bond motifs is 1. The molecule has 4 nitrogen and oxygen atoms in total. The molecule has 3 aromatic rings. The molecule has 1 aromatic heterocycles. The monoisotopic (exact) mass is 331 g/mol. The molecule has 6 heteroatoms. The van der Waals surface area contributed by atoms with E-state index in [0.717, 1.165) is 29.0 Å².